The number of benzene rings is 2. The quantitative estimate of drug-likeness (QED) is 0.241. The van der Waals surface area contributed by atoms with Gasteiger partial charge in [0.25, 0.3) is 0 Å². The first-order valence-electron chi connectivity index (χ1n) is 11.2. The highest BCUT2D eigenvalue weighted by Gasteiger charge is 2.24. The van der Waals surface area contributed by atoms with Crippen LogP contribution in [0.4, 0.5) is 0 Å². The summed E-state index contributed by atoms with van der Waals surface area (Å²) in [6.07, 6.45) is 0. The molecule has 0 unspecified atom stereocenters. The molecule has 0 saturated carbocycles. The maximum Gasteiger partial charge on any atom is 0.147 e. The van der Waals surface area contributed by atoms with Crippen LogP contribution in [0.5, 0.6) is 0 Å². The SMILES string of the molecule is CC(C)(C)c1ccc2c(cc(C(C)(C)C)n3c4cc5sc6ccccc6c5cc4nc23)n1. The van der Waals surface area contributed by atoms with Gasteiger partial charge in [0.15, 0.2) is 0 Å². The summed E-state index contributed by atoms with van der Waals surface area (Å²) in [5.41, 5.74) is 6.54. The van der Waals surface area contributed by atoms with Crippen LogP contribution in [-0.2, 0) is 10.8 Å². The highest BCUT2D eigenvalue weighted by molar-refractivity contribution is 7.25. The lowest BCUT2D eigenvalue weighted by molar-refractivity contribution is 0.563. The molecule has 0 radical (unpaired) electrons. The Balaban J connectivity index is 1.78. The van der Waals surface area contributed by atoms with E-state index in [1.54, 1.807) is 0 Å². The maximum atomic E-state index is 5.17. The van der Waals surface area contributed by atoms with Gasteiger partial charge in [0.05, 0.1) is 16.6 Å². The lowest BCUT2D eigenvalue weighted by Gasteiger charge is -2.23. The average Bonchev–Trinajstić information content (AvgIpc) is 3.27. The third-order valence-corrected chi connectivity index (χ3v) is 7.50. The zero-order valence-electron chi connectivity index (χ0n) is 19.4. The van der Waals surface area contributed by atoms with E-state index in [1.165, 1.54) is 31.4 Å². The highest BCUT2D eigenvalue weighted by atomic mass is 32.1. The third kappa shape index (κ3) is 2.79. The molecule has 0 atom stereocenters. The molecule has 160 valence electrons. The third-order valence-electron chi connectivity index (χ3n) is 6.37. The topological polar surface area (TPSA) is 30.2 Å². The smallest absolute Gasteiger partial charge is 0.147 e. The number of aromatic nitrogens is 3. The average molecular weight is 438 g/mol. The Morgan fingerprint density at radius 3 is 2.22 bits per heavy atom. The predicted molar refractivity (Wildman–Crippen MR) is 138 cm³/mol. The first-order chi connectivity index (χ1) is 15.1. The summed E-state index contributed by atoms with van der Waals surface area (Å²) >= 11 is 1.86. The fourth-order valence-electron chi connectivity index (χ4n) is 4.66. The zero-order valence-corrected chi connectivity index (χ0v) is 20.3. The van der Waals surface area contributed by atoms with Crippen LogP contribution in [0.15, 0.2) is 54.6 Å². The van der Waals surface area contributed by atoms with Gasteiger partial charge < -0.3 is 0 Å². The van der Waals surface area contributed by atoms with Crippen molar-refractivity contribution in [2.45, 2.75) is 52.4 Å². The van der Waals surface area contributed by atoms with Crippen molar-refractivity contribution in [3.63, 3.8) is 0 Å². The normalized spacial score (nSPS) is 13.3. The number of imidazole rings is 1. The molecule has 2 aromatic carbocycles. The summed E-state index contributed by atoms with van der Waals surface area (Å²) in [7, 11) is 0. The van der Waals surface area contributed by atoms with E-state index in [1.807, 2.05) is 11.3 Å². The Kier molecular flexibility index (Phi) is 3.87. The van der Waals surface area contributed by atoms with Gasteiger partial charge in [-0.3, -0.25) is 9.38 Å². The van der Waals surface area contributed by atoms with E-state index in [0.29, 0.717) is 0 Å². The molecule has 4 heterocycles. The predicted octanol–water partition coefficient (Wildman–Crippen LogP) is 8.00. The number of pyridine rings is 2. The van der Waals surface area contributed by atoms with Crippen molar-refractivity contribution >= 4 is 59.1 Å². The van der Waals surface area contributed by atoms with Crippen molar-refractivity contribution < 1.29 is 0 Å². The maximum absolute atomic E-state index is 5.17. The first-order valence-corrected chi connectivity index (χ1v) is 12.0. The fraction of sp³-hybridized carbons (Fsp3) is 0.286. The number of hydrogen-bond donors (Lipinski definition) is 0. The number of fused-ring (bicyclic) bond motifs is 8. The van der Waals surface area contributed by atoms with E-state index in [-0.39, 0.29) is 10.8 Å². The number of hydrogen-bond acceptors (Lipinski definition) is 3. The Bertz CT molecular complexity index is 1690. The minimum atomic E-state index is -0.0470. The molecular formula is C28H27N3S. The van der Waals surface area contributed by atoms with Crippen LogP contribution in [0.1, 0.15) is 52.9 Å². The molecule has 0 aliphatic carbocycles. The van der Waals surface area contributed by atoms with Crippen LogP contribution in [0.25, 0.3) is 47.8 Å². The summed E-state index contributed by atoms with van der Waals surface area (Å²) in [6.45, 7) is 13.4. The number of rotatable bonds is 0. The highest BCUT2D eigenvalue weighted by Crippen LogP contribution is 2.39. The zero-order chi connectivity index (χ0) is 22.4. The van der Waals surface area contributed by atoms with E-state index >= 15 is 0 Å². The lowest BCUT2D eigenvalue weighted by atomic mass is 9.89. The molecule has 0 bridgehead atoms. The van der Waals surface area contributed by atoms with Crippen molar-refractivity contribution in [2.24, 2.45) is 0 Å². The minimum absolute atomic E-state index is 0.00771. The summed E-state index contributed by atoms with van der Waals surface area (Å²) in [5.74, 6) is 0. The summed E-state index contributed by atoms with van der Waals surface area (Å²) < 4.78 is 4.99. The first kappa shape index (κ1) is 19.7. The molecular weight excluding hydrogens is 410 g/mol. The second kappa shape index (κ2) is 6.29. The summed E-state index contributed by atoms with van der Waals surface area (Å²) in [4.78, 5) is 10.2. The number of thiophene rings is 1. The lowest BCUT2D eigenvalue weighted by Crippen LogP contribution is -2.17. The van der Waals surface area contributed by atoms with Crippen LogP contribution in [0.2, 0.25) is 0 Å². The largest absolute Gasteiger partial charge is 0.295 e. The molecule has 0 saturated heterocycles. The molecule has 0 fully saturated rings. The minimum Gasteiger partial charge on any atom is -0.295 e. The molecule has 6 aromatic rings. The van der Waals surface area contributed by atoms with Crippen molar-refractivity contribution in [1.82, 2.24) is 14.4 Å². The molecule has 0 amide bonds. The van der Waals surface area contributed by atoms with E-state index < -0.39 is 0 Å². The van der Waals surface area contributed by atoms with Gasteiger partial charge in [0.1, 0.15) is 5.65 Å². The molecule has 0 aliphatic heterocycles. The van der Waals surface area contributed by atoms with Crippen molar-refractivity contribution in [1.29, 1.82) is 0 Å². The molecule has 0 spiro atoms. The molecule has 4 heteroatoms. The molecule has 0 N–H and O–H groups in total. The van der Waals surface area contributed by atoms with Crippen LogP contribution in [0, 0.1) is 0 Å². The molecule has 3 nitrogen and oxygen atoms in total. The Morgan fingerprint density at radius 2 is 1.47 bits per heavy atom. The number of nitrogens with zero attached hydrogens (tertiary/aromatic N) is 3. The van der Waals surface area contributed by atoms with E-state index in [2.05, 4.69) is 101 Å². The van der Waals surface area contributed by atoms with Crippen molar-refractivity contribution in [3.8, 4) is 0 Å². The summed E-state index contributed by atoms with van der Waals surface area (Å²) in [5, 5.41) is 3.70. The Hall–Kier alpha value is -2.98. The van der Waals surface area contributed by atoms with Gasteiger partial charge in [-0.05, 0) is 36.4 Å². The second-order valence-corrected chi connectivity index (χ2v) is 11.9. The van der Waals surface area contributed by atoms with E-state index in [0.717, 1.165) is 27.8 Å². The standard InChI is InChI=1S/C28H27N3S/c1-27(2,3)24-12-11-17-19(29-24)14-25(28(4,5)6)31-21-15-23-18(13-20(21)30-26(17)31)16-9-7-8-10-22(16)32-23/h7-15H,1-6H3. The van der Waals surface area contributed by atoms with Gasteiger partial charge in [-0.1, -0.05) is 59.7 Å². The van der Waals surface area contributed by atoms with Gasteiger partial charge in [0.2, 0.25) is 0 Å². The van der Waals surface area contributed by atoms with Gasteiger partial charge in [-0.25, -0.2) is 4.98 Å². The molecule has 4 aromatic heterocycles. The van der Waals surface area contributed by atoms with Crippen LogP contribution >= 0.6 is 11.3 Å². The fourth-order valence-corrected chi connectivity index (χ4v) is 5.78. The monoisotopic (exact) mass is 437 g/mol. The van der Waals surface area contributed by atoms with Crippen LogP contribution in [0.3, 0.4) is 0 Å². The van der Waals surface area contributed by atoms with E-state index in [4.69, 9.17) is 9.97 Å². The van der Waals surface area contributed by atoms with Crippen LogP contribution < -0.4 is 0 Å². The second-order valence-electron chi connectivity index (χ2n) is 10.9. The van der Waals surface area contributed by atoms with Crippen molar-refractivity contribution in [2.75, 3.05) is 0 Å². The van der Waals surface area contributed by atoms with Gasteiger partial charge in [0, 0.05) is 47.8 Å². The Labute approximate surface area is 191 Å². The molecule has 6 rings (SSSR count). The van der Waals surface area contributed by atoms with Gasteiger partial charge in [-0.2, -0.15) is 0 Å². The van der Waals surface area contributed by atoms with Gasteiger partial charge >= 0.3 is 0 Å². The van der Waals surface area contributed by atoms with Gasteiger partial charge in [-0.15, -0.1) is 11.3 Å². The molecule has 0 aliphatic rings. The summed E-state index contributed by atoms with van der Waals surface area (Å²) in [6, 6.07) is 19.9. The van der Waals surface area contributed by atoms with Crippen LogP contribution in [-0.4, -0.2) is 14.4 Å². The Morgan fingerprint density at radius 1 is 0.688 bits per heavy atom. The van der Waals surface area contributed by atoms with Crippen molar-refractivity contribution in [3.05, 3.63) is 66.0 Å². The molecule has 32 heavy (non-hydrogen) atoms. The van der Waals surface area contributed by atoms with E-state index in [9.17, 15) is 0 Å².